The number of amides is 1. The van der Waals surface area contributed by atoms with E-state index in [1.807, 2.05) is 41.3 Å². The largest absolute Gasteiger partial charge is 0.497 e. The second kappa shape index (κ2) is 12.4. The van der Waals surface area contributed by atoms with Crippen molar-refractivity contribution in [1.82, 2.24) is 4.90 Å². The molecule has 0 spiro atoms. The SMILES string of the molecule is CCCC1=CC(c2ccc(F)c(C)c2)=CC(C)N1CC(=O)CC1CCC(=O)N(c2cccc(OC)c2)CC1. The van der Waals surface area contributed by atoms with Crippen molar-refractivity contribution in [2.45, 2.75) is 65.3 Å². The van der Waals surface area contributed by atoms with Gasteiger partial charge in [0, 0.05) is 42.9 Å². The Labute approximate surface area is 226 Å². The highest BCUT2D eigenvalue weighted by atomic mass is 19.1. The van der Waals surface area contributed by atoms with Gasteiger partial charge in [0.25, 0.3) is 0 Å². The number of anilines is 1. The first-order valence-corrected chi connectivity index (χ1v) is 13.7. The van der Waals surface area contributed by atoms with Crippen molar-refractivity contribution in [2.75, 3.05) is 25.1 Å². The lowest BCUT2D eigenvalue weighted by Crippen LogP contribution is -2.38. The third-order valence-electron chi connectivity index (χ3n) is 7.66. The van der Waals surface area contributed by atoms with E-state index in [9.17, 15) is 14.0 Å². The van der Waals surface area contributed by atoms with Crippen LogP contribution in [0.25, 0.3) is 5.57 Å². The molecule has 2 heterocycles. The number of nitrogens with zero attached hydrogens (tertiary/aromatic N) is 2. The highest BCUT2D eigenvalue weighted by Gasteiger charge is 2.28. The lowest BCUT2D eigenvalue weighted by molar-refractivity contribution is -0.121. The Balaban J connectivity index is 1.40. The van der Waals surface area contributed by atoms with Gasteiger partial charge in [-0.15, -0.1) is 0 Å². The van der Waals surface area contributed by atoms with E-state index < -0.39 is 0 Å². The number of rotatable bonds is 9. The third kappa shape index (κ3) is 6.53. The van der Waals surface area contributed by atoms with Gasteiger partial charge in [-0.3, -0.25) is 9.59 Å². The van der Waals surface area contributed by atoms with Crippen LogP contribution in [0.2, 0.25) is 0 Å². The Morgan fingerprint density at radius 3 is 2.71 bits per heavy atom. The van der Waals surface area contributed by atoms with Crippen molar-refractivity contribution in [3.8, 4) is 5.75 Å². The maximum atomic E-state index is 13.8. The Bertz CT molecular complexity index is 1230. The summed E-state index contributed by atoms with van der Waals surface area (Å²) in [7, 11) is 1.62. The molecular formula is C32H39FN2O3. The molecular weight excluding hydrogens is 479 g/mol. The van der Waals surface area contributed by atoms with Crippen LogP contribution in [0.15, 0.2) is 60.3 Å². The zero-order valence-corrected chi connectivity index (χ0v) is 23.0. The number of benzene rings is 2. The minimum absolute atomic E-state index is 0.0603. The number of Topliss-reactive ketones (excluding diaryl/α,β-unsaturated/α-hetero) is 1. The summed E-state index contributed by atoms with van der Waals surface area (Å²) in [5, 5.41) is 0. The molecule has 2 aromatic carbocycles. The van der Waals surface area contributed by atoms with Gasteiger partial charge in [-0.05, 0) is 86.1 Å². The Morgan fingerprint density at radius 1 is 1.16 bits per heavy atom. The zero-order chi connectivity index (χ0) is 27.2. The van der Waals surface area contributed by atoms with Gasteiger partial charge in [-0.1, -0.05) is 31.6 Å². The van der Waals surface area contributed by atoms with Crippen LogP contribution in [0.1, 0.15) is 63.5 Å². The van der Waals surface area contributed by atoms with Gasteiger partial charge < -0.3 is 14.5 Å². The topological polar surface area (TPSA) is 49.9 Å². The molecule has 0 bridgehead atoms. The van der Waals surface area contributed by atoms with Gasteiger partial charge in [0.15, 0.2) is 5.78 Å². The van der Waals surface area contributed by atoms with E-state index in [1.165, 1.54) is 6.07 Å². The predicted octanol–water partition coefficient (Wildman–Crippen LogP) is 6.71. The third-order valence-corrected chi connectivity index (χ3v) is 7.66. The van der Waals surface area contributed by atoms with Crippen LogP contribution in [0.5, 0.6) is 5.75 Å². The lowest BCUT2D eigenvalue weighted by Gasteiger charge is -2.35. The van der Waals surface area contributed by atoms with Gasteiger partial charge in [0.1, 0.15) is 11.6 Å². The highest BCUT2D eigenvalue weighted by molar-refractivity contribution is 5.94. The second-order valence-electron chi connectivity index (χ2n) is 10.5. The summed E-state index contributed by atoms with van der Waals surface area (Å²) < 4.78 is 19.1. The molecule has 202 valence electrons. The number of aryl methyl sites for hydroxylation is 1. The number of methoxy groups -OCH3 is 1. The second-order valence-corrected chi connectivity index (χ2v) is 10.5. The molecule has 1 fully saturated rings. The Morgan fingerprint density at radius 2 is 1.97 bits per heavy atom. The minimum atomic E-state index is -0.199. The molecule has 2 atom stereocenters. The Hall–Kier alpha value is -3.41. The summed E-state index contributed by atoms with van der Waals surface area (Å²) in [4.78, 5) is 30.2. The molecule has 4 rings (SSSR count). The fourth-order valence-electron chi connectivity index (χ4n) is 5.52. The molecule has 5 nitrogen and oxygen atoms in total. The molecule has 0 saturated carbocycles. The van der Waals surface area contributed by atoms with Crippen LogP contribution in [-0.4, -0.2) is 42.8 Å². The molecule has 6 heteroatoms. The molecule has 2 aliphatic rings. The van der Waals surface area contributed by atoms with Crippen molar-refractivity contribution in [1.29, 1.82) is 0 Å². The van der Waals surface area contributed by atoms with Crippen molar-refractivity contribution in [3.63, 3.8) is 0 Å². The number of halogens is 1. The molecule has 0 radical (unpaired) electrons. The number of allylic oxidation sites excluding steroid dienone is 3. The highest BCUT2D eigenvalue weighted by Crippen LogP contribution is 2.31. The van der Waals surface area contributed by atoms with E-state index in [0.717, 1.165) is 54.0 Å². The maximum absolute atomic E-state index is 13.8. The summed E-state index contributed by atoms with van der Waals surface area (Å²) in [6.45, 7) is 7.01. The summed E-state index contributed by atoms with van der Waals surface area (Å²) in [5.74, 6) is 1.02. The molecule has 38 heavy (non-hydrogen) atoms. The van der Waals surface area contributed by atoms with Gasteiger partial charge in [0.2, 0.25) is 5.91 Å². The van der Waals surface area contributed by atoms with E-state index in [2.05, 4.69) is 30.9 Å². The average Bonchev–Trinajstić information content (AvgIpc) is 3.08. The van der Waals surface area contributed by atoms with Gasteiger partial charge >= 0.3 is 0 Å². The van der Waals surface area contributed by atoms with Crippen LogP contribution in [0, 0.1) is 18.7 Å². The van der Waals surface area contributed by atoms with Gasteiger partial charge in [-0.2, -0.15) is 0 Å². The van der Waals surface area contributed by atoms with Crippen LogP contribution in [-0.2, 0) is 9.59 Å². The Kier molecular flexibility index (Phi) is 9.03. The minimum Gasteiger partial charge on any atom is -0.497 e. The summed E-state index contributed by atoms with van der Waals surface area (Å²) in [5.41, 5.74) is 4.70. The van der Waals surface area contributed by atoms with Crippen molar-refractivity contribution in [2.24, 2.45) is 5.92 Å². The number of carbonyl (C=O) groups excluding carboxylic acids is 2. The predicted molar refractivity (Wildman–Crippen MR) is 151 cm³/mol. The van der Waals surface area contributed by atoms with Crippen molar-refractivity contribution in [3.05, 3.63) is 77.3 Å². The molecule has 0 aromatic heterocycles. The van der Waals surface area contributed by atoms with Crippen molar-refractivity contribution >= 4 is 23.0 Å². The van der Waals surface area contributed by atoms with Crippen LogP contribution in [0.3, 0.4) is 0 Å². The van der Waals surface area contributed by atoms with E-state index in [4.69, 9.17) is 4.74 Å². The number of ketones is 1. The molecule has 0 N–H and O–H groups in total. The van der Waals surface area contributed by atoms with E-state index in [1.54, 1.807) is 14.0 Å². The van der Waals surface area contributed by atoms with Crippen LogP contribution >= 0.6 is 0 Å². The molecule has 2 aliphatic heterocycles. The smallest absolute Gasteiger partial charge is 0.226 e. The fraction of sp³-hybridized carbons (Fsp3) is 0.438. The summed E-state index contributed by atoms with van der Waals surface area (Å²) in [6.07, 6.45) is 8.62. The number of carbonyl (C=O) groups is 2. The van der Waals surface area contributed by atoms with Gasteiger partial charge in [-0.25, -0.2) is 4.39 Å². The summed E-state index contributed by atoms with van der Waals surface area (Å²) in [6, 6.07) is 12.9. The maximum Gasteiger partial charge on any atom is 0.226 e. The molecule has 0 aliphatic carbocycles. The average molecular weight is 519 g/mol. The van der Waals surface area contributed by atoms with Crippen molar-refractivity contribution < 1.29 is 18.7 Å². The number of ether oxygens (including phenoxy) is 1. The molecule has 2 unspecified atom stereocenters. The molecule has 1 amide bonds. The quantitative estimate of drug-likeness (QED) is 0.370. The van der Waals surface area contributed by atoms with Crippen LogP contribution in [0.4, 0.5) is 10.1 Å². The number of hydrogen-bond acceptors (Lipinski definition) is 4. The monoisotopic (exact) mass is 518 g/mol. The van der Waals surface area contributed by atoms with E-state index in [0.29, 0.717) is 31.5 Å². The zero-order valence-electron chi connectivity index (χ0n) is 23.0. The lowest BCUT2D eigenvalue weighted by atomic mass is 9.92. The first-order valence-electron chi connectivity index (χ1n) is 13.7. The first kappa shape index (κ1) is 27.6. The normalized spacial score (nSPS) is 20.1. The first-order chi connectivity index (χ1) is 18.3. The van der Waals surface area contributed by atoms with E-state index in [-0.39, 0.29) is 29.5 Å². The summed E-state index contributed by atoms with van der Waals surface area (Å²) >= 11 is 0. The van der Waals surface area contributed by atoms with Gasteiger partial charge in [0.05, 0.1) is 13.7 Å². The van der Waals surface area contributed by atoms with Crippen LogP contribution < -0.4 is 9.64 Å². The fourth-order valence-corrected chi connectivity index (χ4v) is 5.52. The molecule has 2 aromatic rings. The van der Waals surface area contributed by atoms with E-state index >= 15 is 0 Å². The number of hydrogen-bond donors (Lipinski definition) is 0. The molecule has 1 saturated heterocycles. The standard InChI is InChI=1S/C32H39FN2O3/c1-5-7-27-19-26(25-11-12-31(33)22(2)16-25)17-23(3)35(27)21-29(36)18-24-10-13-32(37)34(15-14-24)28-8-6-9-30(20-28)38-4/h6,8-9,11-12,16-17,19-20,23-24H,5,7,10,13-15,18,21H2,1-4H3.